The Balaban J connectivity index is 0.00000169. The van der Waals surface area contributed by atoms with Gasteiger partial charge in [-0.15, -0.1) is 12.4 Å². The first kappa shape index (κ1) is 13.3. The van der Waals surface area contributed by atoms with Crippen LogP contribution in [-0.4, -0.2) is 6.43 Å². The maximum absolute atomic E-state index is 13.0. The van der Waals surface area contributed by atoms with Gasteiger partial charge in [0.1, 0.15) is 5.82 Å². The SMILES string of the molecule is Cc1ccc([C@H](N)C(F)F)c(F)c1.Cl. The first-order valence-corrected chi connectivity index (χ1v) is 3.82. The van der Waals surface area contributed by atoms with Crippen molar-refractivity contribution in [2.24, 2.45) is 5.73 Å². The Morgan fingerprint density at radius 1 is 1.29 bits per heavy atom. The fourth-order valence-electron chi connectivity index (χ4n) is 1.04. The van der Waals surface area contributed by atoms with Crippen molar-refractivity contribution in [2.75, 3.05) is 0 Å². The molecule has 0 unspecified atom stereocenters. The Hall–Kier alpha value is -0.740. The molecule has 2 N–H and O–H groups in total. The van der Waals surface area contributed by atoms with Gasteiger partial charge < -0.3 is 5.73 Å². The van der Waals surface area contributed by atoms with E-state index in [0.29, 0.717) is 5.56 Å². The molecule has 80 valence electrons. The minimum absolute atomic E-state index is 0. The Morgan fingerprint density at radius 3 is 2.29 bits per heavy atom. The fraction of sp³-hybridized carbons (Fsp3) is 0.333. The predicted octanol–water partition coefficient (Wildman–Crippen LogP) is 2.82. The summed E-state index contributed by atoms with van der Waals surface area (Å²) >= 11 is 0. The molecule has 1 atom stereocenters. The van der Waals surface area contributed by atoms with Crippen molar-refractivity contribution in [2.45, 2.75) is 19.4 Å². The van der Waals surface area contributed by atoms with Gasteiger partial charge in [0, 0.05) is 5.56 Å². The van der Waals surface area contributed by atoms with E-state index in [9.17, 15) is 13.2 Å². The van der Waals surface area contributed by atoms with E-state index >= 15 is 0 Å². The molecule has 0 aliphatic rings. The second-order valence-electron chi connectivity index (χ2n) is 2.89. The van der Waals surface area contributed by atoms with E-state index in [2.05, 4.69) is 0 Å². The highest BCUT2D eigenvalue weighted by Crippen LogP contribution is 2.21. The van der Waals surface area contributed by atoms with E-state index in [1.807, 2.05) is 0 Å². The Kier molecular flexibility index (Phi) is 4.94. The van der Waals surface area contributed by atoms with Crippen molar-refractivity contribution >= 4 is 12.4 Å². The molecule has 0 saturated heterocycles. The van der Waals surface area contributed by atoms with Crippen LogP contribution in [0.4, 0.5) is 13.2 Å². The third-order valence-corrected chi connectivity index (χ3v) is 1.79. The molecule has 1 rings (SSSR count). The molecule has 5 heteroatoms. The molecular weight excluding hydrogens is 215 g/mol. The van der Waals surface area contributed by atoms with Crippen molar-refractivity contribution in [1.82, 2.24) is 0 Å². The summed E-state index contributed by atoms with van der Waals surface area (Å²) < 4.78 is 37.3. The van der Waals surface area contributed by atoms with Gasteiger partial charge in [-0.25, -0.2) is 13.2 Å². The highest BCUT2D eigenvalue weighted by molar-refractivity contribution is 5.85. The van der Waals surface area contributed by atoms with Crippen LogP contribution in [0.5, 0.6) is 0 Å². The average molecular weight is 226 g/mol. The third kappa shape index (κ3) is 2.89. The molecule has 0 aliphatic carbocycles. The summed E-state index contributed by atoms with van der Waals surface area (Å²) in [6.07, 6.45) is -2.74. The zero-order valence-corrected chi connectivity index (χ0v) is 8.32. The fourth-order valence-corrected chi connectivity index (χ4v) is 1.04. The van der Waals surface area contributed by atoms with Crippen molar-refractivity contribution in [3.8, 4) is 0 Å². The topological polar surface area (TPSA) is 26.0 Å². The van der Waals surface area contributed by atoms with Crippen LogP contribution >= 0.6 is 12.4 Å². The van der Waals surface area contributed by atoms with E-state index in [-0.39, 0.29) is 18.0 Å². The van der Waals surface area contributed by atoms with Crippen LogP contribution < -0.4 is 5.73 Å². The lowest BCUT2D eigenvalue weighted by atomic mass is 10.1. The lowest BCUT2D eigenvalue weighted by Crippen LogP contribution is -2.20. The normalized spacial score (nSPS) is 12.4. The lowest BCUT2D eigenvalue weighted by Gasteiger charge is -2.11. The number of rotatable bonds is 2. The van der Waals surface area contributed by atoms with Crippen LogP contribution in [0.1, 0.15) is 17.2 Å². The number of alkyl halides is 2. The van der Waals surface area contributed by atoms with Gasteiger partial charge in [-0.3, -0.25) is 0 Å². The molecule has 0 aromatic heterocycles. The first-order valence-electron chi connectivity index (χ1n) is 3.82. The summed E-state index contributed by atoms with van der Waals surface area (Å²) in [5.41, 5.74) is 5.64. The van der Waals surface area contributed by atoms with Gasteiger partial charge in [0.05, 0.1) is 6.04 Å². The Bertz CT molecular complexity index is 304. The highest BCUT2D eigenvalue weighted by Gasteiger charge is 2.20. The zero-order valence-electron chi connectivity index (χ0n) is 7.51. The second kappa shape index (κ2) is 5.22. The van der Waals surface area contributed by atoms with Crippen LogP contribution in [0, 0.1) is 12.7 Å². The number of hydrogen-bond donors (Lipinski definition) is 1. The smallest absolute Gasteiger partial charge is 0.257 e. The van der Waals surface area contributed by atoms with Crippen molar-refractivity contribution in [3.63, 3.8) is 0 Å². The molecule has 0 bridgehead atoms. The molecule has 0 fully saturated rings. The summed E-state index contributed by atoms with van der Waals surface area (Å²) in [5, 5.41) is 0. The Labute approximate surface area is 86.5 Å². The molecule has 0 radical (unpaired) electrons. The molecule has 0 spiro atoms. The maximum atomic E-state index is 13.0. The quantitative estimate of drug-likeness (QED) is 0.823. The van der Waals surface area contributed by atoms with E-state index in [1.54, 1.807) is 13.0 Å². The summed E-state index contributed by atoms with van der Waals surface area (Å²) in [6, 6.07) is 2.50. The summed E-state index contributed by atoms with van der Waals surface area (Å²) in [6.45, 7) is 1.68. The number of nitrogens with two attached hydrogens (primary N) is 1. The molecule has 0 saturated carbocycles. The monoisotopic (exact) mass is 225 g/mol. The second-order valence-corrected chi connectivity index (χ2v) is 2.89. The molecule has 1 aromatic carbocycles. The molecular formula is C9H11ClF3N. The Morgan fingerprint density at radius 2 is 1.86 bits per heavy atom. The minimum Gasteiger partial charge on any atom is -0.319 e. The zero-order chi connectivity index (χ0) is 10.0. The van der Waals surface area contributed by atoms with Crippen molar-refractivity contribution < 1.29 is 13.2 Å². The van der Waals surface area contributed by atoms with Gasteiger partial charge in [0.15, 0.2) is 0 Å². The van der Waals surface area contributed by atoms with Gasteiger partial charge in [-0.2, -0.15) is 0 Å². The van der Waals surface area contributed by atoms with Crippen molar-refractivity contribution in [1.29, 1.82) is 0 Å². The van der Waals surface area contributed by atoms with E-state index in [0.717, 1.165) is 0 Å². The molecule has 14 heavy (non-hydrogen) atoms. The van der Waals surface area contributed by atoms with Gasteiger partial charge in [-0.1, -0.05) is 12.1 Å². The van der Waals surface area contributed by atoms with Crippen LogP contribution in [0.15, 0.2) is 18.2 Å². The summed E-state index contributed by atoms with van der Waals surface area (Å²) in [4.78, 5) is 0. The molecule has 0 amide bonds. The van der Waals surface area contributed by atoms with Crippen LogP contribution in [0.25, 0.3) is 0 Å². The molecule has 1 aromatic rings. The standard InChI is InChI=1S/C9H10F3N.ClH/c1-5-2-3-6(7(10)4-5)8(13)9(11)12;/h2-4,8-9H,13H2,1H3;1H/t8-;/m0./s1. The molecule has 1 nitrogen and oxygen atoms in total. The van der Waals surface area contributed by atoms with Crippen LogP contribution in [-0.2, 0) is 0 Å². The summed E-state index contributed by atoms with van der Waals surface area (Å²) in [5.74, 6) is -0.673. The van der Waals surface area contributed by atoms with Crippen LogP contribution in [0.3, 0.4) is 0 Å². The number of aryl methyl sites for hydroxylation is 1. The average Bonchev–Trinajstić information content (AvgIpc) is 2.03. The number of benzene rings is 1. The largest absolute Gasteiger partial charge is 0.319 e. The maximum Gasteiger partial charge on any atom is 0.257 e. The highest BCUT2D eigenvalue weighted by atomic mass is 35.5. The van der Waals surface area contributed by atoms with E-state index < -0.39 is 18.3 Å². The minimum atomic E-state index is -2.74. The first-order chi connectivity index (χ1) is 6.02. The number of hydrogen-bond acceptors (Lipinski definition) is 1. The van der Waals surface area contributed by atoms with Gasteiger partial charge in [0.25, 0.3) is 6.43 Å². The van der Waals surface area contributed by atoms with Crippen LogP contribution in [0.2, 0.25) is 0 Å². The van der Waals surface area contributed by atoms with Gasteiger partial charge >= 0.3 is 0 Å². The lowest BCUT2D eigenvalue weighted by molar-refractivity contribution is 0.115. The van der Waals surface area contributed by atoms with Gasteiger partial charge in [0.2, 0.25) is 0 Å². The van der Waals surface area contributed by atoms with E-state index in [1.165, 1.54) is 12.1 Å². The predicted molar refractivity (Wildman–Crippen MR) is 51.3 cm³/mol. The van der Waals surface area contributed by atoms with Crippen molar-refractivity contribution in [3.05, 3.63) is 35.1 Å². The molecule has 0 aliphatic heterocycles. The number of halogens is 4. The third-order valence-electron chi connectivity index (χ3n) is 1.79. The van der Waals surface area contributed by atoms with E-state index in [4.69, 9.17) is 5.73 Å². The van der Waals surface area contributed by atoms with Gasteiger partial charge in [-0.05, 0) is 18.6 Å². The molecule has 0 heterocycles. The summed E-state index contributed by atoms with van der Waals surface area (Å²) in [7, 11) is 0.